The second-order valence-electron chi connectivity index (χ2n) is 8.76. The molecule has 1 heterocycles. The summed E-state index contributed by atoms with van der Waals surface area (Å²) >= 11 is 0. The van der Waals surface area contributed by atoms with E-state index in [4.69, 9.17) is 0 Å². The number of hydrogen-bond donors (Lipinski definition) is 2. The zero-order valence-electron chi connectivity index (χ0n) is 16.8. The third-order valence-electron chi connectivity index (χ3n) is 5.98. The minimum Gasteiger partial charge on any atom is -0.386 e. The Kier molecular flexibility index (Phi) is 7.80. The number of likely N-dealkylation sites (tertiary alicyclic amines) is 1. The van der Waals surface area contributed by atoms with E-state index in [1.807, 2.05) is 13.8 Å². The van der Waals surface area contributed by atoms with Gasteiger partial charge in [-0.1, -0.05) is 6.58 Å². The van der Waals surface area contributed by atoms with Crippen molar-refractivity contribution in [3.8, 4) is 0 Å². The van der Waals surface area contributed by atoms with Crippen LogP contribution in [-0.2, 0) is 4.79 Å². The van der Waals surface area contributed by atoms with Crippen molar-refractivity contribution in [1.29, 1.82) is 0 Å². The molecule has 1 aliphatic carbocycles. The first-order chi connectivity index (χ1) is 11.8. The van der Waals surface area contributed by atoms with Crippen LogP contribution < -0.4 is 10.6 Å². The number of nitrogens with one attached hydrogen (secondary N) is 2. The van der Waals surface area contributed by atoms with E-state index >= 15 is 0 Å². The van der Waals surface area contributed by atoms with Crippen LogP contribution in [0.15, 0.2) is 12.3 Å². The zero-order valence-corrected chi connectivity index (χ0v) is 16.8. The third-order valence-corrected chi connectivity index (χ3v) is 5.98. The molecule has 2 N–H and O–H groups in total. The predicted molar refractivity (Wildman–Crippen MR) is 105 cm³/mol. The maximum Gasteiger partial charge on any atom is 0.223 e. The first kappa shape index (κ1) is 20.3. The molecule has 0 aromatic heterocycles. The van der Waals surface area contributed by atoms with Crippen LogP contribution in [0.3, 0.4) is 0 Å². The van der Waals surface area contributed by atoms with Crippen LogP contribution in [0, 0.1) is 17.8 Å². The second kappa shape index (κ2) is 9.61. The van der Waals surface area contributed by atoms with E-state index in [2.05, 4.69) is 36.1 Å². The molecule has 4 heteroatoms. The minimum absolute atomic E-state index is 0.233. The molecule has 1 saturated carbocycles. The molecule has 0 bridgehead atoms. The normalized spacial score (nSPS) is 27.1. The maximum atomic E-state index is 12.1. The van der Waals surface area contributed by atoms with E-state index in [1.165, 1.54) is 50.9 Å². The molecule has 4 nitrogen and oxygen atoms in total. The summed E-state index contributed by atoms with van der Waals surface area (Å²) in [7, 11) is 2.20. The average Bonchev–Trinajstić information content (AvgIpc) is 2.55. The fraction of sp³-hybridized carbons (Fsp3) is 0.857. The molecule has 0 aromatic carbocycles. The average molecular weight is 350 g/mol. The van der Waals surface area contributed by atoms with Gasteiger partial charge < -0.3 is 15.5 Å². The molecule has 1 amide bonds. The molecule has 1 atom stereocenters. The number of allylic oxidation sites excluding steroid dienone is 1. The quantitative estimate of drug-likeness (QED) is 0.739. The summed E-state index contributed by atoms with van der Waals surface area (Å²) < 4.78 is 0. The van der Waals surface area contributed by atoms with Gasteiger partial charge in [-0.3, -0.25) is 4.79 Å². The van der Waals surface area contributed by atoms with E-state index in [0.717, 1.165) is 18.8 Å². The number of nitrogens with zero attached hydrogens (tertiary/aromatic N) is 1. The Morgan fingerprint density at radius 3 is 2.16 bits per heavy atom. The standard InChI is InChI=1S/C21H39N3O/c1-15(2)22-21(25)20-8-6-18(7-9-20)14-16(3)23-17(4)19-10-12-24(5)13-11-19/h15-16,18-20,23H,4,6-14H2,1-3,5H3,(H,22,25). The fourth-order valence-corrected chi connectivity index (χ4v) is 4.41. The van der Waals surface area contributed by atoms with E-state index < -0.39 is 0 Å². The van der Waals surface area contributed by atoms with Crippen molar-refractivity contribution in [3.63, 3.8) is 0 Å². The SMILES string of the molecule is C=C(NC(C)CC1CCC(C(=O)NC(C)C)CC1)C1CCN(C)CC1. The monoisotopic (exact) mass is 349 g/mol. The van der Waals surface area contributed by atoms with Crippen molar-refractivity contribution < 1.29 is 4.79 Å². The van der Waals surface area contributed by atoms with Crippen LogP contribution in [0.5, 0.6) is 0 Å². The molecule has 2 fully saturated rings. The molecule has 0 aromatic rings. The van der Waals surface area contributed by atoms with Crippen LogP contribution in [-0.4, -0.2) is 43.0 Å². The van der Waals surface area contributed by atoms with E-state index in [0.29, 0.717) is 12.0 Å². The Morgan fingerprint density at radius 1 is 1.00 bits per heavy atom. The Labute approximate surface area is 154 Å². The minimum atomic E-state index is 0.233. The van der Waals surface area contributed by atoms with Crippen molar-refractivity contribution in [2.45, 2.75) is 77.8 Å². The lowest BCUT2D eigenvalue weighted by atomic mass is 9.79. The molecule has 1 aliphatic heterocycles. The second-order valence-corrected chi connectivity index (χ2v) is 8.76. The Balaban J connectivity index is 1.67. The van der Waals surface area contributed by atoms with Gasteiger partial charge in [-0.25, -0.2) is 0 Å². The van der Waals surface area contributed by atoms with Gasteiger partial charge in [0.25, 0.3) is 0 Å². The van der Waals surface area contributed by atoms with Crippen LogP contribution >= 0.6 is 0 Å². The number of rotatable bonds is 7. The summed E-state index contributed by atoms with van der Waals surface area (Å²) in [6, 6.07) is 0.734. The smallest absolute Gasteiger partial charge is 0.223 e. The lowest BCUT2D eigenvalue weighted by Gasteiger charge is -2.33. The molecule has 2 aliphatic rings. The molecule has 0 spiro atoms. The number of carbonyl (C=O) groups excluding carboxylic acids is 1. The van der Waals surface area contributed by atoms with Crippen LogP contribution in [0.4, 0.5) is 0 Å². The molecule has 1 saturated heterocycles. The zero-order chi connectivity index (χ0) is 18.4. The van der Waals surface area contributed by atoms with Crippen LogP contribution in [0.1, 0.15) is 65.7 Å². The summed E-state index contributed by atoms with van der Waals surface area (Å²) in [5, 5.41) is 6.75. The number of piperidine rings is 1. The first-order valence-electron chi connectivity index (χ1n) is 10.3. The van der Waals surface area contributed by atoms with Gasteiger partial charge in [0.05, 0.1) is 0 Å². The van der Waals surface area contributed by atoms with Crippen molar-refractivity contribution in [3.05, 3.63) is 12.3 Å². The molecule has 0 radical (unpaired) electrons. The highest BCUT2D eigenvalue weighted by Gasteiger charge is 2.28. The van der Waals surface area contributed by atoms with Gasteiger partial charge in [0.15, 0.2) is 0 Å². The summed E-state index contributed by atoms with van der Waals surface area (Å²) in [5.74, 6) is 1.87. The van der Waals surface area contributed by atoms with Crippen LogP contribution in [0.2, 0.25) is 0 Å². The summed E-state index contributed by atoms with van der Waals surface area (Å²) in [6.07, 6.45) is 8.11. The lowest BCUT2D eigenvalue weighted by Crippen LogP contribution is -2.38. The Bertz CT molecular complexity index is 432. The van der Waals surface area contributed by atoms with Gasteiger partial charge >= 0.3 is 0 Å². The number of hydrogen-bond acceptors (Lipinski definition) is 3. The first-order valence-corrected chi connectivity index (χ1v) is 10.3. The van der Waals surface area contributed by atoms with Crippen molar-refractivity contribution in [2.24, 2.45) is 17.8 Å². The van der Waals surface area contributed by atoms with Gasteiger partial charge in [0.2, 0.25) is 5.91 Å². The van der Waals surface area contributed by atoms with E-state index in [-0.39, 0.29) is 17.9 Å². The van der Waals surface area contributed by atoms with Crippen molar-refractivity contribution in [2.75, 3.05) is 20.1 Å². The third kappa shape index (κ3) is 6.65. The maximum absolute atomic E-state index is 12.1. The van der Waals surface area contributed by atoms with Crippen LogP contribution in [0.25, 0.3) is 0 Å². The number of carbonyl (C=O) groups is 1. The number of amides is 1. The van der Waals surface area contributed by atoms with Gasteiger partial charge in [0, 0.05) is 29.6 Å². The van der Waals surface area contributed by atoms with Gasteiger partial charge in [-0.15, -0.1) is 0 Å². The van der Waals surface area contributed by atoms with Gasteiger partial charge in [-0.2, -0.15) is 0 Å². The topological polar surface area (TPSA) is 44.4 Å². The summed E-state index contributed by atoms with van der Waals surface area (Å²) in [6.45, 7) is 13.0. The lowest BCUT2D eigenvalue weighted by molar-refractivity contribution is -0.126. The summed E-state index contributed by atoms with van der Waals surface area (Å²) in [4.78, 5) is 14.5. The van der Waals surface area contributed by atoms with Gasteiger partial charge in [0.1, 0.15) is 0 Å². The highest BCUT2D eigenvalue weighted by molar-refractivity contribution is 5.78. The molecule has 144 valence electrons. The van der Waals surface area contributed by atoms with Crippen molar-refractivity contribution in [1.82, 2.24) is 15.5 Å². The molecular weight excluding hydrogens is 310 g/mol. The summed E-state index contributed by atoms with van der Waals surface area (Å²) in [5.41, 5.74) is 1.24. The largest absolute Gasteiger partial charge is 0.386 e. The molecule has 1 unspecified atom stereocenters. The predicted octanol–water partition coefficient (Wildman–Crippen LogP) is 3.54. The highest BCUT2D eigenvalue weighted by atomic mass is 16.1. The Hall–Kier alpha value is -1.03. The van der Waals surface area contributed by atoms with E-state index in [9.17, 15) is 4.79 Å². The van der Waals surface area contributed by atoms with Crippen molar-refractivity contribution >= 4 is 5.91 Å². The molecular formula is C21H39N3O. The van der Waals surface area contributed by atoms with E-state index in [1.54, 1.807) is 0 Å². The molecule has 2 rings (SSSR count). The van der Waals surface area contributed by atoms with Gasteiger partial charge in [-0.05, 0) is 91.8 Å². The Morgan fingerprint density at radius 2 is 1.60 bits per heavy atom. The molecule has 25 heavy (non-hydrogen) atoms. The fourth-order valence-electron chi connectivity index (χ4n) is 4.41. The highest BCUT2D eigenvalue weighted by Crippen LogP contribution is 2.32.